The molecule has 170 valence electrons. The minimum atomic E-state index is -4.28. The first kappa shape index (κ1) is 22.3. The number of imidazole rings is 1. The van der Waals surface area contributed by atoms with Gasteiger partial charge in [-0.15, -0.1) is 0 Å². The van der Waals surface area contributed by atoms with E-state index >= 15 is 0 Å². The van der Waals surface area contributed by atoms with Crippen LogP contribution in [-0.2, 0) is 22.5 Å². The van der Waals surface area contributed by atoms with Gasteiger partial charge in [-0.25, -0.2) is 4.98 Å². The molecule has 0 spiro atoms. The molecule has 2 aromatic heterocycles. The van der Waals surface area contributed by atoms with Crippen molar-refractivity contribution in [1.29, 1.82) is 0 Å². The number of nitrogens with zero attached hydrogens (tertiary/aromatic N) is 3. The van der Waals surface area contributed by atoms with E-state index in [1.807, 2.05) is 0 Å². The zero-order chi connectivity index (χ0) is 22.9. The summed E-state index contributed by atoms with van der Waals surface area (Å²) in [6, 6.07) is 6.73. The van der Waals surface area contributed by atoms with Crippen LogP contribution in [0.4, 0.5) is 13.2 Å². The van der Waals surface area contributed by atoms with Crippen molar-refractivity contribution in [2.24, 2.45) is 0 Å². The fourth-order valence-corrected chi connectivity index (χ4v) is 3.57. The van der Waals surface area contributed by atoms with Crippen molar-refractivity contribution in [3.8, 4) is 11.3 Å². The molecule has 0 atom stereocenters. The van der Waals surface area contributed by atoms with Gasteiger partial charge in [0.25, 0.3) is 5.56 Å². The second-order valence-corrected chi connectivity index (χ2v) is 8.09. The van der Waals surface area contributed by atoms with Gasteiger partial charge in [-0.2, -0.15) is 13.2 Å². The molecule has 11 heteroatoms. The third-order valence-corrected chi connectivity index (χ3v) is 5.35. The van der Waals surface area contributed by atoms with Gasteiger partial charge in [-0.05, 0) is 18.6 Å². The average Bonchev–Trinajstić information content (AvgIpc) is 3.14. The van der Waals surface area contributed by atoms with Crippen molar-refractivity contribution in [3.63, 3.8) is 0 Å². The number of carbonyl (C=O) groups is 1. The first-order chi connectivity index (χ1) is 15.2. The van der Waals surface area contributed by atoms with Crippen LogP contribution < -0.4 is 10.9 Å². The summed E-state index contributed by atoms with van der Waals surface area (Å²) in [5.74, 6) is -0.145. The number of nitrogens with one attached hydrogen (secondary N) is 1. The fraction of sp³-hybridized carbons (Fsp3) is 0.381. The number of amides is 1. The van der Waals surface area contributed by atoms with Crippen molar-refractivity contribution in [2.45, 2.75) is 38.0 Å². The molecule has 1 fully saturated rings. The van der Waals surface area contributed by atoms with Gasteiger partial charge < -0.3 is 14.6 Å². The molecule has 0 aliphatic carbocycles. The van der Waals surface area contributed by atoms with Gasteiger partial charge in [-0.3, -0.25) is 14.0 Å². The zero-order valence-electron chi connectivity index (χ0n) is 16.9. The molecule has 32 heavy (non-hydrogen) atoms. The highest BCUT2D eigenvalue weighted by Crippen LogP contribution is 2.23. The van der Waals surface area contributed by atoms with Crippen LogP contribution in [0.1, 0.15) is 18.4 Å². The highest BCUT2D eigenvalue weighted by atomic mass is 35.5. The molecule has 3 heterocycles. The van der Waals surface area contributed by atoms with Gasteiger partial charge in [-0.1, -0.05) is 23.7 Å². The maximum atomic E-state index is 13.0. The third-order valence-electron chi connectivity index (χ3n) is 5.10. The first-order valence-corrected chi connectivity index (χ1v) is 10.4. The lowest BCUT2D eigenvalue weighted by atomic mass is 10.2. The summed E-state index contributed by atoms with van der Waals surface area (Å²) in [7, 11) is 0. The Labute approximate surface area is 185 Å². The van der Waals surface area contributed by atoms with E-state index in [-0.39, 0.29) is 42.7 Å². The Hall–Kier alpha value is -2.85. The van der Waals surface area contributed by atoms with E-state index < -0.39 is 18.2 Å². The predicted molar refractivity (Wildman–Crippen MR) is 112 cm³/mol. The Morgan fingerprint density at radius 1 is 1.22 bits per heavy atom. The molecule has 0 saturated carbocycles. The lowest BCUT2D eigenvalue weighted by Crippen LogP contribution is -2.49. The van der Waals surface area contributed by atoms with E-state index in [2.05, 4.69) is 10.3 Å². The van der Waals surface area contributed by atoms with Gasteiger partial charge in [0.05, 0.1) is 31.4 Å². The Kier molecular flexibility index (Phi) is 6.25. The molecule has 1 aliphatic heterocycles. The predicted octanol–water partition coefficient (Wildman–Crippen LogP) is 3.22. The molecule has 7 nitrogen and oxygen atoms in total. The number of aromatic nitrogens is 3. The fourth-order valence-electron chi connectivity index (χ4n) is 3.44. The van der Waals surface area contributed by atoms with Crippen molar-refractivity contribution in [1.82, 2.24) is 19.3 Å². The van der Waals surface area contributed by atoms with Crippen molar-refractivity contribution >= 4 is 23.3 Å². The highest BCUT2D eigenvalue weighted by Gasteiger charge is 2.26. The van der Waals surface area contributed by atoms with Crippen molar-refractivity contribution < 1.29 is 22.7 Å². The molecular formula is C21H20ClF3N4O3. The minimum absolute atomic E-state index is 0.00849. The Morgan fingerprint density at radius 3 is 2.56 bits per heavy atom. The molecule has 3 aromatic rings. The van der Waals surface area contributed by atoms with Crippen LogP contribution in [0.15, 0.2) is 41.5 Å². The lowest BCUT2D eigenvalue weighted by Gasteiger charge is -2.26. The molecule has 1 aromatic carbocycles. The second-order valence-electron chi connectivity index (χ2n) is 7.65. The van der Waals surface area contributed by atoms with Gasteiger partial charge in [0, 0.05) is 41.5 Å². The summed E-state index contributed by atoms with van der Waals surface area (Å²) in [4.78, 5) is 29.8. The summed E-state index contributed by atoms with van der Waals surface area (Å²) in [6.07, 6.45) is -2.69. The van der Waals surface area contributed by atoms with Crippen LogP contribution >= 0.6 is 11.6 Å². The summed E-state index contributed by atoms with van der Waals surface area (Å²) in [6.45, 7) is 0.822. The topological polar surface area (TPSA) is 77.6 Å². The van der Waals surface area contributed by atoms with Crippen LogP contribution in [0, 0.1) is 0 Å². The summed E-state index contributed by atoms with van der Waals surface area (Å²) >= 11 is 5.92. The Balaban J connectivity index is 1.69. The maximum Gasteiger partial charge on any atom is 0.389 e. The number of aryl methyl sites for hydroxylation is 1. The number of benzene rings is 1. The molecular weight excluding hydrogens is 449 g/mol. The molecule has 1 N–H and O–H groups in total. The summed E-state index contributed by atoms with van der Waals surface area (Å²) in [5.41, 5.74) is 0.891. The van der Waals surface area contributed by atoms with Crippen LogP contribution in [0.25, 0.3) is 17.0 Å². The number of carbonyl (C=O) groups excluding carboxylic acids is 1. The SMILES string of the molecule is O=C(Cc1cn(CCCC(F)(F)F)c2nc(-c3ccc(Cl)cc3)cn2c1=O)NC1COC1. The van der Waals surface area contributed by atoms with E-state index in [4.69, 9.17) is 16.3 Å². The average molecular weight is 469 g/mol. The first-order valence-electron chi connectivity index (χ1n) is 10.0. The van der Waals surface area contributed by atoms with Gasteiger partial charge in [0.15, 0.2) is 0 Å². The minimum Gasteiger partial charge on any atom is -0.377 e. The molecule has 1 aliphatic rings. The highest BCUT2D eigenvalue weighted by molar-refractivity contribution is 6.30. The van der Waals surface area contributed by atoms with E-state index in [0.29, 0.717) is 29.5 Å². The number of hydrogen-bond acceptors (Lipinski definition) is 4. The Morgan fingerprint density at radius 2 is 1.94 bits per heavy atom. The largest absolute Gasteiger partial charge is 0.389 e. The van der Waals surface area contributed by atoms with Crippen LogP contribution in [0.2, 0.25) is 5.02 Å². The number of fused-ring (bicyclic) bond motifs is 1. The smallest absolute Gasteiger partial charge is 0.377 e. The van der Waals surface area contributed by atoms with E-state index in [9.17, 15) is 22.8 Å². The second kappa shape index (κ2) is 8.95. The summed E-state index contributed by atoms with van der Waals surface area (Å²) < 4.78 is 45.7. The molecule has 1 saturated heterocycles. The third kappa shape index (κ3) is 5.13. The molecule has 0 unspecified atom stereocenters. The van der Waals surface area contributed by atoms with Crippen LogP contribution in [0.5, 0.6) is 0 Å². The van der Waals surface area contributed by atoms with Gasteiger partial charge in [0.2, 0.25) is 11.7 Å². The number of hydrogen-bond donors (Lipinski definition) is 1. The van der Waals surface area contributed by atoms with Crippen LogP contribution in [-0.4, -0.2) is 45.3 Å². The lowest BCUT2D eigenvalue weighted by molar-refractivity contribution is -0.135. The maximum absolute atomic E-state index is 13.0. The van der Waals surface area contributed by atoms with Gasteiger partial charge >= 0.3 is 6.18 Å². The quantitative estimate of drug-likeness (QED) is 0.577. The number of rotatable bonds is 7. The number of ether oxygens (including phenoxy) is 1. The van der Waals surface area contributed by atoms with E-state index in [0.717, 1.165) is 0 Å². The monoisotopic (exact) mass is 468 g/mol. The molecule has 4 rings (SSSR count). The van der Waals surface area contributed by atoms with Gasteiger partial charge in [0.1, 0.15) is 0 Å². The van der Waals surface area contributed by atoms with Crippen molar-refractivity contribution in [2.75, 3.05) is 13.2 Å². The van der Waals surface area contributed by atoms with Crippen LogP contribution in [0.3, 0.4) is 0 Å². The van der Waals surface area contributed by atoms with Crippen molar-refractivity contribution in [3.05, 3.63) is 57.6 Å². The molecule has 0 bridgehead atoms. The van der Waals surface area contributed by atoms with E-state index in [1.165, 1.54) is 21.4 Å². The Bertz CT molecular complexity index is 1180. The van der Waals surface area contributed by atoms with E-state index in [1.54, 1.807) is 24.3 Å². The standard InChI is InChI=1S/C21H20ClF3N4O3/c22-15-4-2-13(3-5-15)17-10-29-19(31)14(8-18(30)26-16-11-32-12-16)9-28(20(29)27-17)7-1-6-21(23,24)25/h2-5,9-10,16H,1,6-8,11-12H2,(H,26,30). The number of alkyl halides is 3. The summed E-state index contributed by atoms with van der Waals surface area (Å²) in [5, 5.41) is 3.30. The molecule has 0 radical (unpaired) electrons. The molecule has 1 amide bonds. The normalized spacial score (nSPS) is 14.5. The number of halogens is 4. The zero-order valence-corrected chi connectivity index (χ0v) is 17.6.